The molecule has 0 radical (unpaired) electrons. The predicted molar refractivity (Wildman–Crippen MR) is 91.3 cm³/mol. The number of sulfonamides is 1. The number of hydrogen-bond acceptors (Lipinski definition) is 4. The summed E-state index contributed by atoms with van der Waals surface area (Å²) >= 11 is 1.74. The van der Waals surface area contributed by atoms with E-state index in [1.165, 1.54) is 12.1 Å². The number of hydrogen-bond donors (Lipinski definition) is 2. The average molecular weight is 348 g/mol. The van der Waals surface area contributed by atoms with Gasteiger partial charge in [-0.3, -0.25) is 9.52 Å². The maximum atomic E-state index is 12.6. The zero-order chi connectivity index (χ0) is 16.4. The Morgan fingerprint density at radius 2 is 1.96 bits per heavy atom. The Balaban J connectivity index is 1.95. The quantitative estimate of drug-likeness (QED) is 0.889. The van der Waals surface area contributed by atoms with E-state index >= 15 is 0 Å². The zero-order valence-electron chi connectivity index (χ0n) is 12.3. The van der Waals surface area contributed by atoms with E-state index in [1.807, 2.05) is 6.07 Å². The van der Waals surface area contributed by atoms with Gasteiger partial charge >= 0.3 is 0 Å². The fourth-order valence-electron chi connectivity index (χ4n) is 2.49. The van der Waals surface area contributed by atoms with E-state index in [4.69, 9.17) is 5.73 Å². The summed E-state index contributed by atoms with van der Waals surface area (Å²) in [5, 5.41) is 0. The third-order valence-electron chi connectivity index (χ3n) is 3.63. The number of fused-ring (bicyclic) bond motifs is 1. The van der Waals surface area contributed by atoms with Crippen LogP contribution in [0.3, 0.4) is 0 Å². The Morgan fingerprint density at radius 1 is 1.17 bits per heavy atom. The van der Waals surface area contributed by atoms with Gasteiger partial charge in [0.15, 0.2) is 0 Å². The van der Waals surface area contributed by atoms with E-state index in [2.05, 4.69) is 4.72 Å². The molecule has 0 bridgehead atoms. The number of aryl methyl sites for hydroxylation is 1. The van der Waals surface area contributed by atoms with E-state index in [9.17, 15) is 13.2 Å². The largest absolute Gasteiger partial charge is 0.366 e. The van der Waals surface area contributed by atoms with Crippen LogP contribution in [-0.2, 0) is 16.4 Å². The third kappa shape index (κ3) is 3.35. The highest BCUT2D eigenvalue weighted by Crippen LogP contribution is 2.32. The lowest BCUT2D eigenvalue weighted by Gasteiger charge is -2.17. The fourth-order valence-corrected chi connectivity index (χ4v) is 4.64. The van der Waals surface area contributed by atoms with Crippen molar-refractivity contribution in [3.63, 3.8) is 0 Å². The summed E-state index contributed by atoms with van der Waals surface area (Å²) in [6.07, 6.45) is 1.92. The summed E-state index contributed by atoms with van der Waals surface area (Å²) in [6.45, 7) is 0. The standard InChI is InChI=1S/C16H16N2O3S2/c17-16(19)13-5-1-2-6-14(13)18-23(20,21)12-7-8-15-11(10-12)4-3-9-22-15/h1-2,5-8,10,18H,3-4,9H2,(H2,17,19). The number of primary amides is 1. The van der Waals surface area contributed by atoms with Crippen molar-refractivity contribution in [1.82, 2.24) is 0 Å². The summed E-state index contributed by atoms with van der Waals surface area (Å²) < 4.78 is 27.6. The molecule has 3 N–H and O–H groups in total. The first kappa shape index (κ1) is 15.9. The number of anilines is 1. The minimum atomic E-state index is -3.77. The van der Waals surface area contributed by atoms with Crippen LogP contribution in [0.5, 0.6) is 0 Å². The van der Waals surface area contributed by atoms with Gasteiger partial charge in [0.2, 0.25) is 0 Å². The maximum Gasteiger partial charge on any atom is 0.261 e. The first-order chi connectivity index (χ1) is 11.0. The van der Waals surface area contributed by atoms with Gasteiger partial charge in [0, 0.05) is 4.90 Å². The van der Waals surface area contributed by atoms with Gasteiger partial charge in [0.25, 0.3) is 15.9 Å². The summed E-state index contributed by atoms with van der Waals surface area (Å²) in [4.78, 5) is 12.7. The van der Waals surface area contributed by atoms with Crippen LogP contribution in [0.25, 0.3) is 0 Å². The summed E-state index contributed by atoms with van der Waals surface area (Å²) in [5.41, 5.74) is 6.67. The Kier molecular flexibility index (Phi) is 4.32. The molecule has 1 amide bonds. The number of carbonyl (C=O) groups is 1. The van der Waals surface area contributed by atoms with Crippen molar-refractivity contribution in [1.29, 1.82) is 0 Å². The Hall–Kier alpha value is -1.99. The van der Waals surface area contributed by atoms with E-state index in [1.54, 1.807) is 36.0 Å². The summed E-state index contributed by atoms with van der Waals surface area (Å²) in [6, 6.07) is 11.4. The molecule has 1 aliphatic rings. The molecular weight excluding hydrogens is 332 g/mol. The topological polar surface area (TPSA) is 89.3 Å². The molecule has 0 spiro atoms. The second-order valence-electron chi connectivity index (χ2n) is 5.24. The molecule has 0 aliphatic carbocycles. The molecule has 0 aromatic heterocycles. The van der Waals surface area contributed by atoms with Crippen molar-refractivity contribution in [3.05, 3.63) is 53.6 Å². The normalized spacial score (nSPS) is 14.1. The van der Waals surface area contributed by atoms with Crippen LogP contribution in [0.15, 0.2) is 52.3 Å². The van der Waals surface area contributed by atoms with Crippen molar-refractivity contribution in [2.75, 3.05) is 10.5 Å². The van der Waals surface area contributed by atoms with E-state index in [-0.39, 0.29) is 16.1 Å². The Bertz CT molecular complexity index is 863. The molecular formula is C16H16N2O3S2. The van der Waals surface area contributed by atoms with Crippen molar-refractivity contribution < 1.29 is 13.2 Å². The number of amides is 1. The van der Waals surface area contributed by atoms with Gasteiger partial charge < -0.3 is 5.73 Å². The molecule has 23 heavy (non-hydrogen) atoms. The number of rotatable bonds is 4. The van der Waals surface area contributed by atoms with Crippen LogP contribution in [0, 0.1) is 0 Å². The molecule has 7 heteroatoms. The monoisotopic (exact) mass is 348 g/mol. The van der Waals surface area contributed by atoms with Crippen molar-refractivity contribution in [2.45, 2.75) is 22.6 Å². The second-order valence-corrected chi connectivity index (χ2v) is 8.06. The minimum Gasteiger partial charge on any atom is -0.366 e. The van der Waals surface area contributed by atoms with Crippen LogP contribution in [0.2, 0.25) is 0 Å². The van der Waals surface area contributed by atoms with Crippen molar-refractivity contribution in [3.8, 4) is 0 Å². The van der Waals surface area contributed by atoms with Gasteiger partial charge in [-0.1, -0.05) is 12.1 Å². The van der Waals surface area contributed by atoms with Gasteiger partial charge in [0.05, 0.1) is 16.1 Å². The van der Waals surface area contributed by atoms with Gasteiger partial charge in [-0.15, -0.1) is 11.8 Å². The molecule has 2 aromatic rings. The van der Waals surface area contributed by atoms with Gasteiger partial charge in [0.1, 0.15) is 0 Å². The summed E-state index contributed by atoms with van der Waals surface area (Å²) in [7, 11) is -3.77. The lowest BCUT2D eigenvalue weighted by molar-refractivity contribution is 0.100. The third-order valence-corrected chi connectivity index (χ3v) is 6.19. The molecule has 1 aliphatic heterocycles. The molecule has 0 saturated carbocycles. The highest BCUT2D eigenvalue weighted by atomic mass is 32.2. The zero-order valence-corrected chi connectivity index (χ0v) is 13.9. The smallest absolute Gasteiger partial charge is 0.261 e. The molecule has 3 rings (SSSR count). The number of nitrogens with two attached hydrogens (primary N) is 1. The number of para-hydroxylation sites is 1. The van der Waals surface area contributed by atoms with Crippen LogP contribution < -0.4 is 10.5 Å². The number of benzene rings is 2. The molecule has 0 saturated heterocycles. The van der Waals surface area contributed by atoms with E-state index < -0.39 is 15.9 Å². The summed E-state index contributed by atoms with van der Waals surface area (Å²) in [5.74, 6) is 0.383. The molecule has 5 nitrogen and oxygen atoms in total. The van der Waals surface area contributed by atoms with E-state index in [0.29, 0.717) is 0 Å². The highest BCUT2D eigenvalue weighted by Gasteiger charge is 2.20. The number of nitrogens with one attached hydrogen (secondary N) is 1. The van der Waals surface area contributed by atoms with Gasteiger partial charge in [-0.2, -0.15) is 0 Å². The lowest BCUT2D eigenvalue weighted by atomic mass is 10.1. The molecule has 0 fully saturated rings. The van der Waals surface area contributed by atoms with E-state index in [0.717, 1.165) is 29.1 Å². The van der Waals surface area contributed by atoms with Crippen LogP contribution in [0.4, 0.5) is 5.69 Å². The molecule has 0 atom stereocenters. The first-order valence-electron chi connectivity index (χ1n) is 7.15. The highest BCUT2D eigenvalue weighted by molar-refractivity contribution is 7.99. The average Bonchev–Trinajstić information content (AvgIpc) is 2.54. The molecule has 0 unspecified atom stereocenters. The van der Waals surface area contributed by atoms with Gasteiger partial charge in [-0.05, 0) is 54.5 Å². The number of carbonyl (C=O) groups excluding carboxylic acids is 1. The van der Waals surface area contributed by atoms with Gasteiger partial charge in [-0.25, -0.2) is 8.42 Å². The fraction of sp³-hybridized carbons (Fsp3) is 0.188. The number of thioether (sulfide) groups is 1. The lowest BCUT2D eigenvalue weighted by Crippen LogP contribution is -2.19. The van der Waals surface area contributed by atoms with Crippen molar-refractivity contribution in [2.24, 2.45) is 5.73 Å². The van der Waals surface area contributed by atoms with Crippen LogP contribution in [0.1, 0.15) is 22.3 Å². The molecule has 120 valence electrons. The molecule has 1 heterocycles. The Morgan fingerprint density at radius 3 is 2.74 bits per heavy atom. The Labute approximate surface area is 139 Å². The van der Waals surface area contributed by atoms with Crippen LogP contribution >= 0.6 is 11.8 Å². The van der Waals surface area contributed by atoms with Crippen LogP contribution in [-0.4, -0.2) is 20.1 Å². The maximum absolute atomic E-state index is 12.6. The van der Waals surface area contributed by atoms with Crippen molar-refractivity contribution >= 4 is 33.4 Å². The first-order valence-corrected chi connectivity index (χ1v) is 9.61. The minimum absolute atomic E-state index is 0.143. The predicted octanol–water partition coefficient (Wildman–Crippen LogP) is 2.62. The second kappa shape index (κ2) is 6.25. The SMILES string of the molecule is NC(=O)c1ccccc1NS(=O)(=O)c1ccc2c(c1)CCCS2. The molecule has 2 aromatic carbocycles.